The first-order chi connectivity index (χ1) is 9.20. The van der Waals surface area contributed by atoms with Gasteiger partial charge in [0.05, 0.1) is 7.11 Å². The Labute approximate surface area is 108 Å². The zero-order valence-corrected chi connectivity index (χ0v) is 10.1. The van der Waals surface area contributed by atoms with Gasteiger partial charge in [-0.15, -0.1) is 0 Å². The number of hydrogen-bond acceptors (Lipinski definition) is 5. The highest BCUT2D eigenvalue weighted by molar-refractivity contribution is 5.94. The highest BCUT2D eigenvalue weighted by atomic mass is 19.1. The van der Waals surface area contributed by atoms with Gasteiger partial charge in [-0.25, -0.2) is 14.4 Å². The van der Waals surface area contributed by atoms with Gasteiger partial charge in [0.15, 0.2) is 11.6 Å². The third kappa shape index (κ3) is 3.15. The molecule has 7 heteroatoms. The molecule has 19 heavy (non-hydrogen) atoms. The van der Waals surface area contributed by atoms with Crippen molar-refractivity contribution in [2.75, 3.05) is 12.5 Å². The molecule has 2 rings (SSSR count). The van der Waals surface area contributed by atoms with Crippen molar-refractivity contribution in [1.29, 1.82) is 0 Å². The molecule has 0 saturated heterocycles. The first-order valence-corrected chi connectivity index (χ1v) is 5.37. The lowest BCUT2D eigenvalue weighted by Gasteiger charge is -2.07. The second-order valence-electron chi connectivity index (χ2n) is 3.50. The Balaban J connectivity index is 2.02. The van der Waals surface area contributed by atoms with E-state index >= 15 is 0 Å². The second-order valence-corrected chi connectivity index (χ2v) is 3.50. The van der Waals surface area contributed by atoms with Gasteiger partial charge >= 0.3 is 0 Å². The first-order valence-electron chi connectivity index (χ1n) is 5.37. The largest absolute Gasteiger partial charge is 0.494 e. The summed E-state index contributed by atoms with van der Waals surface area (Å²) in [5.74, 6) is -0.791. The number of methoxy groups -OCH3 is 1. The Kier molecular flexibility index (Phi) is 3.87. The molecule has 0 aliphatic heterocycles. The van der Waals surface area contributed by atoms with Crippen molar-refractivity contribution in [2.45, 2.75) is 0 Å². The second kappa shape index (κ2) is 5.76. The van der Waals surface area contributed by atoms with Gasteiger partial charge in [0, 0.05) is 18.0 Å². The highest BCUT2D eigenvalue weighted by Gasteiger charge is 2.09. The molecule has 2 N–H and O–H groups in total. The summed E-state index contributed by atoms with van der Waals surface area (Å²) in [5, 5.41) is 0. The fourth-order valence-electron chi connectivity index (χ4n) is 1.36. The summed E-state index contributed by atoms with van der Waals surface area (Å²) < 4.78 is 18.2. The van der Waals surface area contributed by atoms with Crippen LogP contribution in [0.2, 0.25) is 0 Å². The maximum absolute atomic E-state index is 13.4. The van der Waals surface area contributed by atoms with Crippen LogP contribution in [0.25, 0.3) is 0 Å². The molecule has 0 fully saturated rings. The van der Waals surface area contributed by atoms with Crippen LogP contribution in [0.15, 0.2) is 36.7 Å². The molecule has 1 aromatic carbocycles. The number of nitrogens with one attached hydrogen (secondary N) is 2. The van der Waals surface area contributed by atoms with Gasteiger partial charge in [-0.3, -0.25) is 15.6 Å². The highest BCUT2D eigenvalue weighted by Crippen LogP contribution is 2.17. The van der Waals surface area contributed by atoms with Gasteiger partial charge in [-0.05, 0) is 24.3 Å². The van der Waals surface area contributed by atoms with Crippen LogP contribution in [0.1, 0.15) is 10.4 Å². The van der Waals surface area contributed by atoms with Crippen LogP contribution in [-0.4, -0.2) is 23.0 Å². The van der Waals surface area contributed by atoms with E-state index in [-0.39, 0.29) is 17.3 Å². The smallest absolute Gasteiger partial charge is 0.269 e. The Morgan fingerprint density at radius 1 is 1.32 bits per heavy atom. The number of rotatable bonds is 4. The molecule has 0 aliphatic carbocycles. The average molecular weight is 262 g/mol. The minimum Gasteiger partial charge on any atom is -0.494 e. The standard InChI is InChI=1S/C12H11FN4O2/c1-19-10-4-3-8(7-9(10)13)11(18)16-17-12-14-5-2-6-15-12/h2-7H,1H3,(H,16,18)(H,14,15,17). The van der Waals surface area contributed by atoms with Gasteiger partial charge in [-0.1, -0.05) is 0 Å². The topological polar surface area (TPSA) is 76.1 Å². The number of halogens is 1. The maximum atomic E-state index is 13.4. The summed E-state index contributed by atoms with van der Waals surface area (Å²) in [4.78, 5) is 19.4. The van der Waals surface area contributed by atoms with E-state index < -0.39 is 11.7 Å². The molecule has 0 saturated carbocycles. The number of hydrogen-bond donors (Lipinski definition) is 2. The fraction of sp³-hybridized carbons (Fsp3) is 0.0833. The van der Waals surface area contributed by atoms with Crippen LogP contribution in [-0.2, 0) is 0 Å². The Hall–Kier alpha value is -2.70. The lowest BCUT2D eigenvalue weighted by molar-refractivity contribution is 0.0961. The van der Waals surface area contributed by atoms with Gasteiger partial charge < -0.3 is 4.74 Å². The molecule has 0 aliphatic rings. The molecule has 0 bridgehead atoms. The number of carbonyl (C=O) groups is 1. The summed E-state index contributed by atoms with van der Waals surface area (Å²) in [6.07, 6.45) is 3.04. The van der Waals surface area contributed by atoms with E-state index in [4.69, 9.17) is 4.74 Å². The van der Waals surface area contributed by atoms with Crippen molar-refractivity contribution in [1.82, 2.24) is 15.4 Å². The summed E-state index contributed by atoms with van der Waals surface area (Å²) in [6, 6.07) is 5.56. The number of carbonyl (C=O) groups excluding carboxylic acids is 1. The van der Waals surface area contributed by atoms with E-state index in [1.54, 1.807) is 6.07 Å². The zero-order chi connectivity index (χ0) is 13.7. The van der Waals surface area contributed by atoms with Crippen LogP contribution in [0, 0.1) is 5.82 Å². The third-order valence-electron chi connectivity index (χ3n) is 2.27. The fourth-order valence-corrected chi connectivity index (χ4v) is 1.36. The summed E-state index contributed by atoms with van der Waals surface area (Å²) in [6.45, 7) is 0. The molecule has 2 aromatic rings. The molecule has 6 nitrogen and oxygen atoms in total. The molecule has 1 amide bonds. The number of ether oxygens (including phenoxy) is 1. The van der Waals surface area contributed by atoms with Crippen molar-refractivity contribution in [2.24, 2.45) is 0 Å². The number of hydrazine groups is 1. The van der Waals surface area contributed by atoms with Crippen LogP contribution in [0.5, 0.6) is 5.75 Å². The minimum absolute atomic E-state index is 0.0795. The van der Waals surface area contributed by atoms with E-state index in [1.807, 2.05) is 0 Å². The molecule has 0 atom stereocenters. The molecule has 0 unspecified atom stereocenters. The normalized spacial score (nSPS) is 9.79. The van der Waals surface area contributed by atoms with Gasteiger partial charge in [0.1, 0.15) is 0 Å². The predicted octanol–water partition coefficient (Wildman–Crippen LogP) is 1.38. The average Bonchev–Trinajstić information content (AvgIpc) is 2.45. The Morgan fingerprint density at radius 2 is 2.05 bits per heavy atom. The number of amides is 1. The molecule has 1 aromatic heterocycles. The molecular formula is C12H11FN4O2. The minimum atomic E-state index is -0.605. The maximum Gasteiger partial charge on any atom is 0.269 e. The Bertz CT molecular complexity index is 577. The van der Waals surface area contributed by atoms with Gasteiger partial charge in [0.25, 0.3) is 5.91 Å². The summed E-state index contributed by atoms with van der Waals surface area (Å²) in [5.41, 5.74) is 5.03. The zero-order valence-electron chi connectivity index (χ0n) is 10.1. The van der Waals surface area contributed by atoms with Crippen molar-refractivity contribution in [3.63, 3.8) is 0 Å². The van der Waals surface area contributed by atoms with Crippen molar-refractivity contribution in [3.05, 3.63) is 48.0 Å². The summed E-state index contributed by atoms with van der Waals surface area (Å²) >= 11 is 0. The molecule has 0 radical (unpaired) electrons. The van der Waals surface area contributed by atoms with E-state index in [0.717, 1.165) is 6.07 Å². The van der Waals surface area contributed by atoms with Gasteiger partial charge in [-0.2, -0.15) is 0 Å². The number of aromatic nitrogens is 2. The van der Waals surface area contributed by atoms with E-state index in [0.29, 0.717) is 0 Å². The Morgan fingerprint density at radius 3 is 2.68 bits per heavy atom. The van der Waals surface area contributed by atoms with Crippen LogP contribution in [0.4, 0.5) is 10.3 Å². The SMILES string of the molecule is COc1ccc(C(=O)NNc2ncccn2)cc1F. The molecular weight excluding hydrogens is 251 g/mol. The van der Waals surface area contributed by atoms with Crippen molar-refractivity contribution < 1.29 is 13.9 Å². The van der Waals surface area contributed by atoms with E-state index in [2.05, 4.69) is 20.8 Å². The van der Waals surface area contributed by atoms with Crippen LogP contribution in [0.3, 0.4) is 0 Å². The first kappa shape index (κ1) is 12.7. The van der Waals surface area contributed by atoms with Crippen molar-refractivity contribution >= 4 is 11.9 Å². The lowest BCUT2D eigenvalue weighted by Crippen LogP contribution is -2.30. The lowest BCUT2D eigenvalue weighted by atomic mass is 10.2. The molecule has 1 heterocycles. The number of nitrogens with zero attached hydrogens (tertiary/aromatic N) is 2. The number of anilines is 1. The van der Waals surface area contributed by atoms with E-state index in [9.17, 15) is 9.18 Å². The van der Waals surface area contributed by atoms with Crippen LogP contribution < -0.4 is 15.6 Å². The predicted molar refractivity (Wildman–Crippen MR) is 66.1 cm³/mol. The molecule has 0 spiro atoms. The monoisotopic (exact) mass is 262 g/mol. The summed E-state index contributed by atoms with van der Waals surface area (Å²) in [7, 11) is 1.35. The van der Waals surface area contributed by atoms with E-state index in [1.165, 1.54) is 31.6 Å². The quantitative estimate of drug-likeness (QED) is 0.814. The molecule has 98 valence electrons. The van der Waals surface area contributed by atoms with Gasteiger partial charge in [0.2, 0.25) is 5.95 Å². The van der Waals surface area contributed by atoms with Crippen molar-refractivity contribution in [3.8, 4) is 5.75 Å². The number of benzene rings is 1. The third-order valence-corrected chi connectivity index (χ3v) is 2.27. The van der Waals surface area contributed by atoms with Crippen LogP contribution >= 0.6 is 0 Å².